The molecular formula is C13H13BrO2. The number of ether oxygens (including phenoxy) is 1. The van der Waals surface area contributed by atoms with Crippen LogP contribution in [0.2, 0.25) is 0 Å². The smallest absolute Gasteiger partial charge is 0.227 e. The van der Waals surface area contributed by atoms with E-state index in [-0.39, 0.29) is 5.78 Å². The third-order valence-corrected chi connectivity index (χ3v) is 3.45. The van der Waals surface area contributed by atoms with E-state index >= 15 is 0 Å². The van der Waals surface area contributed by atoms with E-state index in [1.165, 1.54) is 0 Å². The molecule has 16 heavy (non-hydrogen) atoms. The van der Waals surface area contributed by atoms with E-state index in [9.17, 15) is 4.79 Å². The molecule has 2 nitrogen and oxygen atoms in total. The minimum absolute atomic E-state index is 0.0274. The minimum Gasteiger partial charge on any atom is -0.490 e. The van der Waals surface area contributed by atoms with Gasteiger partial charge < -0.3 is 4.74 Å². The van der Waals surface area contributed by atoms with Crippen LogP contribution in [0.15, 0.2) is 34.5 Å². The van der Waals surface area contributed by atoms with Gasteiger partial charge in [-0.15, -0.1) is 0 Å². The lowest BCUT2D eigenvalue weighted by Gasteiger charge is -2.14. The standard InChI is InChI=1S/C13H13BrO2/c1-9-5-6-10(8-11(9)14)13(15)12-4-2-3-7-16-12/h4-6,8H,2-3,7H2,1H3. The molecule has 0 fully saturated rings. The second-order valence-corrected chi connectivity index (χ2v) is 4.71. The molecule has 0 radical (unpaired) electrons. The van der Waals surface area contributed by atoms with Crippen molar-refractivity contribution in [3.8, 4) is 0 Å². The molecule has 0 bridgehead atoms. The fourth-order valence-corrected chi connectivity index (χ4v) is 1.97. The Morgan fingerprint density at radius 1 is 1.44 bits per heavy atom. The molecule has 0 saturated carbocycles. The molecule has 2 rings (SSSR count). The number of allylic oxidation sites excluding steroid dienone is 2. The highest BCUT2D eigenvalue weighted by atomic mass is 79.9. The summed E-state index contributed by atoms with van der Waals surface area (Å²) < 4.78 is 6.31. The summed E-state index contributed by atoms with van der Waals surface area (Å²) in [5.41, 5.74) is 1.79. The van der Waals surface area contributed by atoms with Crippen LogP contribution in [0.1, 0.15) is 28.8 Å². The first-order chi connectivity index (χ1) is 7.68. The molecule has 1 heterocycles. The third-order valence-electron chi connectivity index (χ3n) is 2.59. The van der Waals surface area contributed by atoms with Crippen molar-refractivity contribution in [2.24, 2.45) is 0 Å². The van der Waals surface area contributed by atoms with Crippen molar-refractivity contribution in [1.82, 2.24) is 0 Å². The van der Waals surface area contributed by atoms with Crippen LogP contribution in [0, 0.1) is 6.92 Å². The van der Waals surface area contributed by atoms with Gasteiger partial charge in [-0.05, 0) is 37.5 Å². The predicted octanol–water partition coefficient (Wildman–Crippen LogP) is 3.63. The first kappa shape index (κ1) is 11.4. The topological polar surface area (TPSA) is 26.3 Å². The Balaban J connectivity index is 2.26. The van der Waals surface area contributed by atoms with Crippen LogP contribution in [0.3, 0.4) is 0 Å². The van der Waals surface area contributed by atoms with Crippen molar-refractivity contribution >= 4 is 21.7 Å². The number of hydrogen-bond acceptors (Lipinski definition) is 2. The average molecular weight is 281 g/mol. The van der Waals surface area contributed by atoms with Crippen LogP contribution in [0.4, 0.5) is 0 Å². The molecule has 1 aliphatic rings. The van der Waals surface area contributed by atoms with Gasteiger partial charge in [-0.2, -0.15) is 0 Å². The van der Waals surface area contributed by atoms with Gasteiger partial charge in [0.15, 0.2) is 5.76 Å². The number of benzene rings is 1. The normalized spacial score (nSPS) is 15.2. The van der Waals surface area contributed by atoms with E-state index in [0.29, 0.717) is 17.9 Å². The summed E-state index contributed by atoms with van der Waals surface area (Å²) in [5.74, 6) is 0.461. The zero-order chi connectivity index (χ0) is 11.5. The molecule has 1 aromatic carbocycles. The number of halogens is 1. The molecule has 0 amide bonds. The SMILES string of the molecule is Cc1ccc(C(=O)C2=CCCCO2)cc1Br. The summed E-state index contributed by atoms with van der Waals surface area (Å²) in [7, 11) is 0. The lowest BCUT2D eigenvalue weighted by Crippen LogP contribution is -2.11. The van der Waals surface area contributed by atoms with Gasteiger partial charge in [0, 0.05) is 10.0 Å². The van der Waals surface area contributed by atoms with E-state index in [1.807, 2.05) is 31.2 Å². The maximum Gasteiger partial charge on any atom is 0.227 e. The molecule has 3 heteroatoms. The minimum atomic E-state index is -0.0274. The Morgan fingerprint density at radius 2 is 2.25 bits per heavy atom. The van der Waals surface area contributed by atoms with Gasteiger partial charge in [-0.1, -0.05) is 28.1 Å². The summed E-state index contributed by atoms with van der Waals surface area (Å²) in [6, 6.07) is 5.61. The fraction of sp³-hybridized carbons (Fsp3) is 0.308. The Morgan fingerprint density at radius 3 is 2.88 bits per heavy atom. The van der Waals surface area contributed by atoms with Crippen LogP contribution in [0.5, 0.6) is 0 Å². The van der Waals surface area contributed by atoms with Gasteiger partial charge in [0.1, 0.15) is 0 Å². The molecule has 0 saturated heterocycles. The van der Waals surface area contributed by atoms with Gasteiger partial charge >= 0.3 is 0 Å². The molecule has 84 valence electrons. The second-order valence-electron chi connectivity index (χ2n) is 3.85. The van der Waals surface area contributed by atoms with Gasteiger partial charge in [0.25, 0.3) is 0 Å². The molecule has 0 spiro atoms. The number of hydrogen-bond donors (Lipinski definition) is 0. The van der Waals surface area contributed by atoms with Gasteiger partial charge in [-0.25, -0.2) is 0 Å². The predicted molar refractivity (Wildman–Crippen MR) is 66.5 cm³/mol. The van der Waals surface area contributed by atoms with Crippen molar-refractivity contribution in [2.45, 2.75) is 19.8 Å². The average Bonchev–Trinajstić information content (AvgIpc) is 2.33. The molecule has 0 N–H and O–H groups in total. The molecule has 0 aromatic heterocycles. The van der Waals surface area contributed by atoms with Crippen molar-refractivity contribution in [3.63, 3.8) is 0 Å². The monoisotopic (exact) mass is 280 g/mol. The Bertz CT molecular complexity index is 449. The molecule has 1 aromatic rings. The van der Waals surface area contributed by atoms with Crippen molar-refractivity contribution in [2.75, 3.05) is 6.61 Å². The summed E-state index contributed by atoms with van der Waals surface area (Å²) in [5, 5.41) is 0. The number of Topliss-reactive ketones (excluding diaryl/α,β-unsaturated/α-hetero) is 1. The quantitative estimate of drug-likeness (QED) is 0.774. The van der Waals surface area contributed by atoms with Gasteiger partial charge in [-0.3, -0.25) is 4.79 Å². The maximum atomic E-state index is 12.0. The Labute approximate surface area is 103 Å². The lowest BCUT2D eigenvalue weighted by atomic mass is 10.1. The first-order valence-corrected chi connectivity index (χ1v) is 6.11. The Kier molecular flexibility index (Phi) is 3.44. The van der Waals surface area contributed by atoms with Crippen molar-refractivity contribution in [3.05, 3.63) is 45.6 Å². The molecule has 0 unspecified atom stereocenters. The van der Waals surface area contributed by atoms with E-state index in [2.05, 4.69) is 15.9 Å². The molecule has 0 aliphatic carbocycles. The van der Waals surface area contributed by atoms with Crippen LogP contribution in [-0.2, 0) is 4.74 Å². The molecular weight excluding hydrogens is 268 g/mol. The van der Waals surface area contributed by atoms with E-state index in [1.54, 1.807) is 0 Å². The molecule has 0 atom stereocenters. The highest BCUT2D eigenvalue weighted by Crippen LogP contribution is 2.21. The Hall–Kier alpha value is -1.09. The third kappa shape index (κ3) is 2.35. The molecule has 1 aliphatic heterocycles. The van der Waals surface area contributed by atoms with Crippen LogP contribution in [0.25, 0.3) is 0 Å². The van der Waals surface area contributed by atoms with E-state index < -0.39 is 0 Å². The zero-order valence-corrected chi connectivity index (χ0v) is 10.7. The second kappa shape index (κ2) is 4.83. The van der Waals surface area contributed by atoms with Crippen LogP contribution in [-0.4, -0.2) is 12.4 Å². The van der Waals surface area contributed by atoms with Crippen molar-refractivity contribution in [1.29, 1.82) is 0 Å². The maximum absolute atomic E-state index is 12.0. The summed E-state index contributed by atoms with van der Waals surface area (Å²) in [6.07, 6.45) is 3.79. The largest absolute Gasteiger partial charge is 0.490 e. The van der Waals surface area contributed by atoms with Gasteiger partial charge in [0.2, 0.25) is 5.78 Å². The van der Waals surface area contributed by atoms with Crippen molar-refractivity contribution < 1.29 is 9.53 Å². The number of rotatable bonds is 2. The van der Waals surface area contributed by atoms with Crippen LogP contribution < -0.4 is 0 Å². The number of aryl methyl sites for hydroxylation is 1. The highest BCUT2D eigenvalue weighted by Gasteiger charge is 2.16. The summed E-state index contributed by atoms with van der Waals surface area (Å²) >= 11 is 3.43. The summed E-state index contributed by atoms with van der Waals surface area (Å²) in [4.78, 5) is 12.0. The van der Waals surface area contributed by atoms with E-state index in [4.69, 9.17) is 4.74 Å². The fourth-order valence-electron chi connectivity index (χ4n) is 1.59. The highest BCUT2D eigenvalue weighted by molar-refractivity contribution is 9.10. The van der Waals surface area contributed by atoms with E-state index in [0.717, 1.165) is 22.9 Å². The number of ketones is 1. The van der Waals surface area contributed by atoms with Crippen LogP contribution >= 0.6 is 15.9 Å². The van der Waals surface area contributed by atoms with Gasteiger partial charge in [0.05, 0.1) is 6.61 Å². The first-order valence-electron chi connectivity index (χ1n) is 5.32. The number of carbonyl (C=O) groups is 1. The lowest BCUT2D eigenvalue weighted by molar-refractivity contribution is 0.0899. The zero-order valence-electron chi connectivity index (χ0n) is 9.13. The number of carbonyl (C=O) groups excluding carboxylic acids is 1. The summed E-state index contributed by atoms with van der Waals surface area (Å²) in [6.45, 7) is 2.64.